The second-order valence-corrected chi connectivity index (χ2v) is 7.09. The van der Waals surface area contributed by atoms with E-state index in [0.29, 0.717) is 16.3 Å². The van der Waals surface area contributed by atoms with Crippen LogP contribution in [0.5, 0.6) is 0 Å². The van der Waals surface area contributed by atoms with Crippen LogP contribution in [0, 0.1) is 0 Å². The van der Waals surface area contributed by atoms with Crippen LogP contribution in [-0.4, -0.2) is 33.4 Å². The van der Waals surface area contributed by atoms with Crippen molar-refractivity contribution in [2.24, 2.45) is 0 Å². The van der Waals surface area contributed by atoms with Gasteiger partial charge in [0.05, 0.1) is 4.90 Å². The topological polar surface area (TPSA) is 78.5 Å². The Morgan fingerprint density at radius 3 is 2.09 bits per heavy atom. The van der Waals surface area contributed by atoms with Crippen molar-refractivity contribution in [2.45, 2.75) is 4.90 Å². The van der Waals surface area contributed by atoms with Gasteiger partial charge in [-0.2, -0.15) is 0 Å². The molecule has 2 aromatic rings. The molecule has 0 aliphatic heterocycles. The quantitative estimate of drug-likeness (QED) is 0.809. The van der Waals surface area contributed by atoms with Crippen molar-refractivity contribution in [2.75, 3.05) is 18.8 Å². The summed E-state index contributed by atoms with van der Waals surface area (Å²) in [6, 6.07) is 12.0. The van der Waals surface area contributed by atoms with Crippen LogP contribution in [0.3, 0.4) is 0 Å². The predicted octanol–water partition coefficient (Wildman–Crippen LogP) is 2.35. The summed E-state index contributed by atoms with van der Waals surface area (Å²) in [5.41, 5.74) is 3.35. The molecule has 8 heteroatoms. The molecule has 0 saturated carbocycles. The third kappa shape index (κ3) is 4.69. The number of sulfonamides is 1. The van der Waals surface area contributed by atoms with Crippen LogP contribution in [0.2, 0.25) is 5.02 Å². The fraction of sp³-hybridized carbons (Fsp3) is 0.133. The molecule has 0 aromatic heterocycles. The largest absolute Gasteiger partial charge is 0.285 e. The van der Waals surface area contributed by atoms with Crippen LogP contribution in [0.1, 0.15) is 10.4 Å². The van der Waals surface area contributed by atoms with Gasteiger partial charge in [-0.05, 0) is 48.5 Å². The zero-order chi connectivity index (χ0) is 17.0. The highest BCUT2D eigenvalue weighted by molar-refractivity contribution is 7.92. The summed E-state index contributed by atoms with van der Waals surface area (Å²) in [6.45, 7) is 0. The number of carbonyl (C=O) groups is 1. The summed E-state index contributed by atoms with van der Waals surface area (Å²) in [4.78, 5) is 11.9. The number of hydrogen-bond donors (Lipinski definition) is 2. The maximum absolute atomic E-state index is 12.3. The molecule has 2 rings (SSSR count). The van der Waals surface area contributed by atoms with Gasteiger partial charge in [0.1, 0.15) is 0 Å². The second-order valence-electron chi connectivity index (χ2n) is 4.97. The molecule has 0 aliphatic rings. The van der Waals surface area contributed by atoms with Gasteiger partial charge in [-0.25, -0.2) is 13.4 Å². The van der Waals surface area contributed by atoms with Crippen molar-refractivity contribution in [3.8, 4) is 0 Å². The predicted molar refractivity (Wildman–Crippen MR) is 89.9 cm³/mol. The molecular weight excluding hydrogens is 338 g/mol. The van der Waals surface area contributed by atoms with Gasteiger partial charge in [0.15, 0.2) is 0 Å². The Kier molecular flexibility index (Phi) is 5.25. The highest BCUT2D eigenvalue weighted by Crippen LogP contribution is 2.18. The normalized spacial score (nSPS) is 11.3. The van der Waals surface area contributed by atoms with E-state index in [9.17, 15) is 13.2 Å². The third-order valence-electron chi connectivity index (χ3n) is 2.85. The first-order valence-electron chi connectivity index (χ1n) is 6.65. The van der Waals surface area contributed by atoms with Gasteiger partial charge >= 0.3 is 0 Å². The maximum atomic E-state index is 12.3. The van der Waals surface area contributed by atoms with Crippen molar-refractivity contribution in [3.05, 3.63) is 59.1 Å². The Balaban J connectivity index is 2.17. The summed E-state index contributed by atoms with van der Waals surface area (Å²) in [5.74, 6) is -0.315. The first-order chi connectivity index (χ1) is 10.8. The number of rotatable bonds is 5. The Morgan fingerprint density at radius 2 is 1.57 bits per heavy atom. The lowest BCUT2D eigenvalue weighted by atomic mass is 10.2. The van der Waals surface area contributed by atoms with Gasteiger partial charge in [0.2, 0.25) is 0 Å². The molecule has 23 heavy (non-hydrogen) atoms. The Morgan fingerprint density at radius 1 is 1.00 bits per heavy atom. The number of carbonyl (C=O) groups excluding carboxylic acids is 1. The van der Waals surface area contributed by atoms with E-state index < -0.39 is 10.0 Å². The van der Waals surface area contributed by atoms with Crippen LogP contribution in [0.4, 0.5) is 5.69 Å². The van der Waals surface area contributed by atoms with Gasteiger partial charge < -0.3 is 0 Å². The molecule has 0 bridgehead atoms. The molecule has 0 atom stereocenters. The van der Waals surface area contributed by atoms with Gasteiger partial charge in [-0.1, -0.05) is 11.6 Å². The molecule has 0 heterocycles. The zero-order valence-corrected chi connectivity index (χ0v) is 14.1. The molecule has 0 aliphatic carbocycles. The monoisotopic (exact) mass is 353 g/mol. The lowest BCUT2D eigenvalue weighted by Gasteiger charge is -2.12. The van der Waals surface area contributed by atoms with E-state index in [-0.39, 0.29) is 10.8 Å². The number of amides is 1. The van der Waals surface area contributed by atoms with E-state index in [1.54, 1.807) is 38.4 Å². The Hall–Kier alpha value is -2.09. The lowest BCUT2D eigenvalue weighted by Crippen LogP contribution is -2.36. The maximum Gasteiger partial charge on any atom is 0.265 e. The van der Waals surface area contributed by atoms with Crippen molar-refractivity contribution in [3.63, 3.8) is 0 Å². The molecule has 0 spiro atoms. The molecule has 122 valence electrons. The van der Waals surface area contributed by atoms with E-state index in [4.69, 9.17) is 11.6 Å². The van der Waals surface area contributed by atoms with Crippen LogP contribution in [0.25, 0.3) is 0 Å². The highest BCUT2D eigenvalue weighted by Gasteiger charge is 2.15. The second kappa shape index (κ2) is 6.99. The summed E-state index contributed by atoms with van der Waals surface area (Å²) >= 11 is 5.76. The van der Waals surface area contributed by atoms with Gasteiger partial charge in [0, 0.05) is 30.4 Å². The SMILES string of the molecule is CN(C)NC(=O)c1ccc(S(=O)(=O)Nc2ccc(Cl)cc2)cc1. The minimum absolute atomic E-state index is 0.0638. The minimum Gasteiger partial charge on any atom is -0.285 e. The highest BCUT2D eigenvalue weighted by atomic mass is 35.5. The lowest BCUT2D eigenvalue weighted by molar-refractivity contribution is 0.0857. The fourth-order valence-corrected chi connectivity index (χ4v) is 2.97. The molecule has 0 fully saturated rings. The fourth-order valence-electron chi connectivity index (χ4n) is 1.79. The van der Waals surface area contributed by atoms with Crippen LogP contribution in [0.15, 0.2) is 53.4 Å². The number of halogens is 1. The number of anilines is 1. The van der Waals surface area contributed by atoms with Crippen molar-refractivity contribution >= 4 is 33.2 Å². The van der Waals surface area contributed by atoms with E-state index in [1.807, 2.05) is 0 Å². The average Bonchev–Trinajstić information content (AvgIpc) is 2.49. The number of hydrazine groups is 1. The van der Waals surface area contributed by atoms with Crippen LogP contribution >= 0.6 is 11.6 Å². The molecule has 0 saturated heterocycles. The molecule has 0 unspecified atom stereocenters. The third-order valence-corrected chi connectivity index (χ3v) is 4.50. The van der Waals surface area contributed by atoms with Gasteiger partial charge in [0.25, 0.3) is 15.9 Å². The first kappa shape index (κ1) is 17.3. The standard InChI is InChI=1S/C15H16ClN3O3S/c1-19(2)17-15(20)11-3-9-14(10-4-11)23(21,22)18-13-7-5-12(16)6-8-13/h3-10,18H,1-2H3,(H,17,20). The molecule has 0 radical (unpaired) electrons. The van der Waals surface area contributed by atoms with Crippen LogP contribution in [-0.2, 0) is 10.0 Å². The van der Waals surface area contributed by atoms with Gasteiger partial charge in [-0.15, -0.1) is 0 Å². The van der Waals surface area contributed by atoms with Gasteiger partial charge in [-0.3, -0.25) is 14.9 Å². The molecular formula is C15H16ClN3O3S. The summed E-state index contributed by atoms with van der Waals surface area (Å²) in [6.07, 6.45) is 0. The average molecular weight is 354 g/mol. The van der Waals surface area contributed by atoms with Crippen molar-refractivity contribution < 1.29 is 13.2 Å². The van der Waals surface area contributed by atoms with E-state index in [2.05, 4.69) is 10.1 Å². The smallest absolute Gasteiger partial charge is 0.265 e. The molecule has 1 amide bonds. The number of nitrogens with zero attached hydrogens (tertiary/aromatic N) is 1. The summed E-state index contributed by atoms with van der Waals surface area (Å²) in [7, 11) is -0.352. The van der Waals surface area contributed by atoms with E-state index in [0.717, 1.165) is 0 Å². The Labute approximate surface area is 140 Å². The first-order valence-corrected chi connectivity index (χ1v) is 8.51. The molecule has 6 nitrogen and oxygen atoms in total. The zero-order valence-electron chi connectivity index (χ0n) is 12.6. The summed E-state index contributed by atoms with van der Waals surface area (Å²) in [5, 5.41) is 2.03. The minimum atomic E-state index is -3.73. The molecule has 2 aromatic carbocycles. The van der Waals surface area contributed by atoms with E-state index in [1.165, 1.54) is 29.3 Å². The van der Waals surface area contributed by atoms with Crippen molar-refractivity contribution in [1.82, 2.24) is 10.4 Å². The summed E-state index contributed by atoms with van der Waals surface area (Å²) < 4.78 is 27.0. The number of nitrogens with one attached hydrogen (secondary N) is 2. The number of benzene rings is 2. The van der Waals surface area contributed by atoms with Crippen LogP contribution < -0.4 is 10.1 Å². The van der Waals surface area contributed by atoms with E-state index >= 15 is 0 Å². The Bertz CT molecular complexity index is 788. The molecule has 2 N–H and O–H groups in total. The number of hydrogen-bond acceptors (Lipinski definition) is 4. The van der Waals surface area contributed by atoms with Crippen molar-refractivity contribution in [1.29, 1.82) is 0 Å².